The van der Waals surface area contributed by atoms with Crippen LogP contribution in [-0.4, -0.2) is 60.1 Å². The predicted molar refractivity (Wildman–Crippen MR) is 86.9 cm³/mol. The number of nitrogens with one attached hydrogen (secondary N) is 1. The maximum Gasteiger partial charge on any atom is 0.337 e. The monoisotopic (exact) mass is 419 g/mol. The van der Waals surface area contributed by atoms with Crippen LogP contribution in [0, 0.1) is 0 Å². The molecule has 0 aliphatic carbocycles. The lowest BCUT2D eigenvalue weighted by Gasteiger charge is -2.32. The number of nitrogens with zero attached hydrogens (tertiary/aromatic N) is 2. The summed E-state index contributed by atoms with van der Waals surface area (Å²) in [6.45, 7) is 2.86. The highest BCUT2D eigenvalue weighted by Crippen LogP contribution is 2.31. The normalized spacial score (nSPS) is 15.9. The van der Waals surface area contributed by atoms with E-state index in [1.54, 1.807) is 11.0 Å². The Morgan fingerprint density at radius 2 is 1.81 bits per heavy atom. The van der Waals surface area contributed by atoms with Crippen LogP contribution in [0.3, 0.4) is 0 Å². The SMILES string of the molecule is CN1CCN(C(=O)Nc2c(Br)cc(Br)cc2C(=O)O)CC1. The van der Waals surface area contributed by atoms with Gasteiger partial charge in [-0.15, -0.1) is 0 Å². The minimum Gasteiger partial charge on any atom is -0.478 e. The number of benzene rings is 1. The molecule has 1 fully saturated rings. The van der Waals surface area contributed by atoms with E-state index < -0.39 is 5.97 Å². The highest BCUT2D eigenvalue weighted by atomic mass is 79.9. The first-order valence-electron chi connectivity index (χ1n) is 6.35. The quantitative estimate of drug-likeness (QED) is 0.771. The third-order valence-electron chi connectivity index (χ3n) is 3.31. The topological polar surface area (TPSA) is 72.9 Å². The molecule has 1 heterocycles. The second-order valence-corrected chi connectivity index (χ2v) is 6.61. The van der Waals surface area contributed by atoms with Gasteiger partial charge in [0.05, 0.1) is 11.3 Å². The number of halogens is 2. The van der Waals surface area contributed by atoms with Crippen LogP contribution < -0.4 is 5.32 Å². The molecule has 0 atom stereocenters. The van der Waals surface area contributed by atoms with Gasteiger partial charge < -0.3 is 20.2 Å². The summed E-state index contributed by atoms with van der Waals surface area (Å²) in [7, 11) is 2.00. The lowest BCUT2D eigenvalue weighted by molar-refractivity contribution is 0.0698. The minimum atomic E-state index is -1.09. The first-order chi connectivity index (χ1) is 9.88. The van der Waals surface area contributed by atoms with Crippen LogP contribution in [0.25, 0.3) is 0 Å². The lowest BCUT2D eigenvalue weighted by atomic mass is 10.2. The van der Waals surface area contributed by atoms with Crippen LogP contribution in [0.15, 0.2) is 21.1 Å². The van der Waals surface area contributed by atoms with Gasteiger partial charge in [0.25, 0.3) is 0 Å². The summed E-state index contributed by atoms with van der Waals surface area (Å²) in [6, 6.07) is 2.88. The highest BCUT2D eigenvalue weighted by Gasteiger charge is 2.22. The summed E-state index contributed by atoms with van der Waals surface area (Å²) in [5, 5.41) is 12.0. The molecule has 0 spiro atoms. The fourth-order valence-electron chi connectivity index (χ4n) is 2.06. The van der Waals surface area contributed by atoms with Gasteiger partial charge in [-0.2, -0.15) is 0 Å². The molecule has 1 saturated heterocycles. The van der Waals surface area contributed by atoms with Crippen molar-refractivity contribution in [3.05, 3.63) is 26.6 Å². The molecule has 0 unspecified atom stereocenters. The van der Waals surface area contributed by atoms with Crippen molar-refractivity contribution < 1.29 is 14.7 Å². The summed E-state index contributed by atoms with van der Waals surface area (Å²) >= 11 is 6.54. The number of amides is 2. The molecule has 2 N–H and O–H groups in total. The van der Waals surface area contributed by atoms with E-state index in [0.717, 1.165) is 13.1 Å². The largest absolute Gasteiger partial charge is 0.478 e. The standard InChI is InChI=1S/C13H15Br2N3O3/c1-17-2-4-18(5-3-17)13(21)16-11-9(12(19)20)6-8(14)7-10(11)15/h6-7H,2-5H2,1H3,(H,16,21)(H,19,20). The smallest absolute Gasteiger partial charge is 0.337 e. The van der Waals surface area contributed by atoms with Crippen LogP contribution in [0.2, 0.25) is 0 Å². The van der Waals surface area contributed by atoms with Gasteiger partial charge in [-0.1, -0.05) is 15.9 Å². The van der Waals surface area contributed by atoms with E-state index >= 15 is 0 Å². The number of urea groups is 1. The third-order valence-corrected chi connectivity index (χ3v) is 4.39. The summed E-state index contributed by atoms with van der Waals surface area (Å²) < 4.78 is 1.15. The summed E-state index contributed by atoms with van der Waals surface area (Å²) in [5.41, 5.74) is 0.313. The number of hydrogen-bond donors (Lipinski definition) is 2. The van der Waals surface area contributed by atoms with E-state index in [0.29, 0.717) is 22.0 Å². The fourth-order valence-corrected chi connectivity index (χ4v) is 3.39. The zero-order valence-electron chi connectivity index (χ0n) is 11.4. The Labute approximate surface area is 139 Å². The van der Waals surface area contributed by atoms with Crippen molar-refractivity contribution in [2.24, 2.45) is 0 Å². The maximum atomic E-state index is 12.3. The molecule has 21 heavy (non-hydrogen) atoms. The van der Waals surface area contributed by atoms with Gasteiger partial charge >= 0.3 is 12.0 Å². The number of carbonyl (C=O) groups is 2. The number of piperazine rings is 1. The number of aromatic carboxylic acids is 1. The minimum absolute atomic E-state index is 0.0405. The molecule has 1 aliphatic heterocycles. The number of rotatable bonds is 2. The Hall–Kier alpha value is -1.12. The molecule has 1 aromatic carbocycles. The zero-order valence-corrected chi connectivity index (χ0v) is 14.6. The second-order valence-electron chi connectivity index (χ2n) is 4.84. The number of hydrogen-bond acceptors (Lipinski definition) is 3. The van der Waals surface area contributed by atoms with Gasteiger partial charge in [0.15, 0.2) is 0 Å². The second kappa shape index (κ2) is 6.76. The first-order valence-corrected chi connectivity index (χ1v) is 7.94. The highest BCUT2D eigenvalue weighted by molar-refractivity contribution is 9.11. The van der Waals surface area contributed by atoms with Crippen LogP contribution >= 0.6 is 31.9 Å². The summed E-state index contributed by atoms with van der Waals surface area (Å²) in [4.78, 5) is 27.4. The van der Waals surface area contributed by atoms with Gasteiger partial charge in [0.2, 0.25) is 0 Å². The van der Waals surface area contributed by atoms with E-state index in [9.17, 15) is 14.7 Å². The number of carbonyl (C=O) groups excluding carboxylic acids is 1. The van der Waals surface area contributed by atoms with Crippen molar-refractivity contribution in [1.82, 2.24) is 9.80 Å². The Morgan fingerprint density at radius 1 is 1.19 bits per heavy atom. The Kier molecular flexibility index (Phi) is 5.23. The third kappa shape index (κ3) is 3.96. The van der Waals surface area contributed by atoms with Gasteiger partial charge in [-0.25, -0.2) is 9.59 Å². The summed E-state index contributed by atoms with van der Waals surface area (Å²) in [6.07, 6.45) is 0. The molecular formula is C13H15Br2N3O3. The van der Waals surface area contributed by atoms with Crippen molar-refractivity contribution in [1.29, 1.82) is 0 Å². The Morgan fingerprint density at radius 3 is 2.38 bits per heavy atom. The lowest BCUT2D eigenvalue weighted by Crippen LogP contribution is -2.48. The van der Waals surface area contributed by atoms with Crippen molar-refractivity contribution in [3.63, 3.8) is 0 Å². The average Bonchev–Trinajstić information content (AvgIpc) is 2.41. The van der Waals surface area contributed by atoms with Crippen molar-refractivity contribution >= 4 is 49.5 Å². The zero-order chi connectivity index (χ0) is 15.6. The van der Waals surface area contributed by atoms with E-state index in [-0.39, 0.29) is 17.3 Å². The number of carboxylic acids is 1. The summed E-state index contributed by atoms with van der Waals surface area (Å²) in [5.74, 6) is -1.09. The predicted octanol–water partition coefficient (Wildman–Crippen LogP) is 2.69. The average molecular weight is 421 g/mol. The fraction of sp³-hybridized carbons (Fsp3) is 0.385. The van der Waals surface area contributed by atoms with Crippen molar-refractivity contribution in [3.8, 4) is 0 Å². The molecule has 0 radical (unpaired) electrons. The maximum absolute atomic E-state index is 12.3. The number of likely N-dealkylation sites (N-methyl/N-ethyl adjacent to an activating group) is 1. The van der Waals surface area contributed by atoms with Crippen LogP contribution in [0.5, 0.6) is 0 Å². The van der Waals surface area contributed by atoms with Gasteiger partial charge in [-0.05, 0) is 35.1 Å². The molecule has 0 saturated carbocycles. The molecule has 0 bridgehead atoms. The van der Waals surface area contributed by atoms with Crippen LogP contribution in [0.1, 0.15) is 10.4 Å². The number of carboxylic acid groups (broad SMARTS) is 1. The number of anilines is 1. The molecule has 2 rings (SSSR count). The van der Waals surface area contributed by atoms with E-state index in [1.165, 1.54) is 6.07 Å². The molecule has 1 aliphatic rings. The molecule has 1 aromatic rings. The molecule has 6 nitrogen and oxygen atoms in total. The van der Waals surface area contributed by atoms with Crippen LogP contribution in [0.4, 0.5) is 10.5 Å². The van der Waals surface area contributed by atoms with Crippen LogP contribution in [-0.2, 0) is 0 Å². The molecular weight excluding hydrogens is 406 g/mol. The van der Waals surface area contributed by atoms with E-state index in [4.69, 9.17) is 0 Å². The molecule has 114 valence electrons. The van der Waals surface area contributed by atoms with E-state index in [1.807, 2.05) is 7.05 Å². The van der Waals surface area contributed by atoms with E-state index in [2.05, 4.69) is 42.1 Å². The Balaban J connectivity index is 2.19. The van der Waals surface area contributed by atoms with Gasteiger partial charge in [0.1, 0.15) is 0 Å². The molecule has 0 aromatic heterocycles. The Bertz CT molecular complexity index is 572. The van der Waals surface area contributed by atoms with Gasteiger partial charge in [-0.3, -0.25) is 0 Å². The molecule has 2 amide bonds. The first kappa shape index (κ1) is 16.3. The van der Waals surface area contributed by atoms with Gasteiger partial charge in [0, 0.05) is 35.1 Å². The van der Waals surface area contributed by atoms with Crippen molar-refractivity contribution in [2.45, 2.75) is 0 Å². The van der Waals surface area contributed by atoms with Crippen molar-refractivity contribution in [2.75, 3.05) is 38.5 Å². The molecule has 8 heteroatoms.